The Balaban J connectivity index is 2.51. The minimum Gasteiger partial charge on any atom is -0.617 e. The van der Waals surface area contributed by atoms with Gasteiger partial charge < -0.3 is 10.4 Å². The predicted octanol–water partition coefficient (Wildman–Crippen LogP) is 1.98. The average molecular weight is 280 g/mol. The Labute approximate surface area is 120 Å². The molecule has 0 atom stereocenters. The van der Waals surface area contributed by atoms with Crippen molar-refractivity contribution in [1.29, 1.82) is 0 Å². The van der Waals surface area contributed by atoms with Crippen molar-refractivity contribution in [3.63, 3.8) is 0 Å². The van der Waals surface area contributed by atoms with Crippen molar-refractivity contribution >= 4 is 16.8 Å². The van der Waals surface area contributed by atoms with Gasteiger partial charge in [0, 0.05) is 19.1 Å². The van der Waals surface area contributed by atoms with Gasteiger partial charge in [0.15, 0.2) is 0 Å². The molecule has 0 N–H and O–H groups in total. The van der Waals surface area contributed by atoms with E-state index in [1.54, 1.807) is 48.5 Å². The van der Waals surface area contributed by atoms with E-state index in [0.717, 1.165) is 0 Å². The normalized spacial score (nSPS) is 10.7. The van der Waals surface area contributed by atoms with Crippen LogP contribution in [0.1, 0.15) is 17.4 Å². The second-order valence-corrected chi connectivity index (χ2v) is 4.70. The van der Waals surface area contributed by atoms with E-state index < -0.39 is 5.78 Å². The largest absolute Gasteiger partial charge is 0.617 e. The summed E-state index contributed by atoms with van der Waals surface area (Å²) in [6.07, 6.45) is 0. The summed E-state index contributed by atoms with van der Waals surface area (Å²) < 4.78 is 1.18. The van der Waals surface area contributed by atoms with Crippen LogP contribution in [0.3, 0.4) is 0 Å². The van der Waals surface area contributed by atoms with Crippen molar-refractivity contribution in [2.45, 2.75) is 6.92 Å². The monoisotopic (exact) mass is 280 g/mol. The van der Waals surface area contributed by atoms with Crippen LogP contribution in [0.25, 0.3) is 22.3 Å². The Morgan fingerprint density at radius 3 is 1.95 bits per heavy atom. The van der Waals surface area contributed by atoms with Gasteiger partial charge in [0.05, 0.1) is 5.56 Å². The van der Waals surface area contributed by atoms with Crippen LogP contribution in [0, 0.1) is 10.4 Å². The number of Topliss-reactive ketones (excluding diaryl/α,β-unsaturated/α-hetero) is 1. The SMILES string of the molecule is CC(=O)c1c(-c2ccccc2)[n+]([O-])c2ccccc2[n+]1[O-]. The van der Waals surface area contributed by atoms with Crippen molar-refractivity contribution in [2.24, 2.45) is 0 Å². The molecule has 21 heavy (non-hydrogen) atoms. The van der Waals surface area contributed by atoms with E-state index in [1.807, 2.05) is 0 Å². The molecule has 5 nitrogen and oxygen atoms in total. The summed E-state index contributed by atoms with van der Waals surface area (Å²) in [7, 11) is 0. The standard InChI is InChI=1S/C16H12N2O3/c1-11(19)15-16(12-7-3-2-4-8-12)18(21)14-10-6-5-9-13(14)17(15)20/h2-10H,1H3. The number of aromatic nitrogens is 2. The predicted molar refractivity (Wildman–Crippen MR) is 77.3 cm³/mol. The smallest absolute Gasteiger partial charge is 0.334 e. The van der Waals surface area contributed by atoms with Crippen molar-refractivity contribution < 1.29 is 14.3 Å². The molecule has 0 spiro atoms. The van der Waals surface area contributed by atoms with Gasteiger partial charge in [0.25, 0.3) is 11.0 Å². The molecule has 0 aliphatic rings. The lowest BCUT2D eigenvalue weighted by Crippen LogP contribution is -2.45. The van der Waals surface area contributed by atoms with Gasteiger partial charge in [-0.2, -0.15) is 9.46 Å². The van der Waals surface area contributed by atoms with Crippen molar-refractivity contribution in [1.82, 2.24) is 0 Å². The van der Waals surface area contributed by atoms with E-state index in [2.05, 4.69) is 0 Å². The molecular weight excluding hydrogens is 268 g/mol. The highest BCUT2D eigenvalue weighted by Gasteiger charge is 2.31. The summed E-state index contributed by atoms with van der Waals surface area (Å²) in [5, 5.41) is 25.1. The van der Waals surface area contributed by atoms with Gasteiger partial charge in [0.1, 0.15) is 0 Å². The van der Waals surface area contributed by atoms with Crippen LogP contribution >= 0.6 is 0 Å². The number of fused-ring (bicyclic) bond motifs is 1. The summed E-state index contributed by atoms with van der Waals surface area (Å²) >= 11 is 0. The lowest BCUT2D eigenvalue weighted by atomic mass is 10.1. The zero-order chi connectivity index (χ0) is 15.0. The van der Waals surface area contributed by atoms with E-state index in [9.17, 15) is 15.2 Å². The second kappa shape index (κ2) is 4.86. The summed E-state index contributed by atoms with van der Waals surface area (Å²) in [6.45, 7) is 1.28. The van der Waals surface area contributed by atoms with Crippen molar-refractivity contribution in [3.05, 3.63) is 70.7 Å². The number of carbonyl (C=O) groups excluding carboxylic acids is 1. The third-order valence-corrected chi connectivity index (χ3v) is 3.33. The number of hydrogen-bond acceptors (Lipinski definition) is 3. The molecule has 3 rings (SSSR count). The van der Waals surface area contributed by atoms with Crippen molar-refractivity contribution in [3.8, 4) is 11.3 Å². The number of benzene rings is 2. The zero-order valence-corrected chi connectivity index (χ0v) is 11.3. The van der Waals surface area contributed by atoms with Crippen LogP contribution in [0.15, 0.2) is 54.6 Å². The molecule has 0 unspecified atom stereocenters. The molecule has 5 heteroatoms. The van der Waals surface area contributed by atoms with Crippen LogP contribution < -0.4 is 9.46 Å². The Morgan fingerprint density at radius 1 is 0.857 bits per heavy atom. The molecule has 0 fully saturated rings. The van der Waals surface area contributed by atoms with Gasteiger partial charge in [-0.15, -0.1) is 0 Å². The van der Waals surface area contributed by atoms with Crippen molar-refractivity contribution in [2.75, 3.05) is 0 Å². The van der Waals surface area contributed by atoms with E-state index in [1.165, 1.54) is 13.0 Å². The molecule has 0 amide bonds. The number of ketones is 1. The molecule has 0 bridgehead atoms. The number of rotatable bonds is 2. The number of para-hydroxylation sites is 2. The molecular formula is C16H12N2O3. The van der Waals surface area contributed by atoms with Gasteiger partial charge in [0.2, 0.25) is 5.78 Å². The number of nitrogens with zero attached hydrogens (tertiary/aromatic N) is 2. The molecule has 0 aliphatic carbocycles. The topological polar surface area (TPSA) is 71.0 Å². The summed E-state index contributed by atoms with van der Waals surface area (Å²) in [4.78, 5) is 11.9. The molecule has 104 valence electrons. The molecule has 1 heterocycles. The quantitative estimate of drug-likeness (QED) is 0.409. The second-order valence-electron chi connectivity index (χ2n) is 4.70. The third kappa shape index (κ3) is 1.99. The molecule has 1 aromatic heterocycles. The van der Waals surface area contributed by atoms with E-state index >= 15 is 0 Å². The van der Waals surface area contributed by atoms with Crippen LogP contribution in [-0.2, 0) is 0 Å². The highest BCUT2D eigenvalue weighted by atomic mass is 16.5. The molecule has 3 aromatic rings. The van der Waals surface area contributed by atoms with E-state index in [4.69, 9.17) is 0 Å². The molecule has 0 radical (unpaired) electrons. The highest BCUT2D eigenvalue weighted by molar-refractivity contribution is 5.96. The number of carbonyl (C=O) groups is 1. The van der Waals surface area contributed by atoms with Crippen LogP contribution in [0.5, 0.6) is 0 Å². The molecule has 0 aliphatic heterocycles. The minimum atomic E-state index is -0.445. The van der Waals surface area contributed by atoms with Gasteiger partial charge in [-0.05, 0) is 12.1 Å². The summed E-state index contributed by atoms with van der Waals surface area (Å²) in [5.41, 5.74) is 0.883. The first-order chi connectivity index (χ1) is 10.1. The van der Waals surface area contributed by atoms with Gasteiger partial charge in [-0.25, -0.2) is 0 Å². The van der Waals surface area contributed by atoms with Gasteiger partial charge in [-0.3, -0.25) is 4.79 Å². The fraction of sp³-hybridized carbons (Fsp3) is 0.0625. The maximum absolute atomic E-state index is 12.6. The first-order valence-corrected chi connectivity index (χ1v) is 6.45. The Bertz CT molecular complexity index is 845. The lowest BCUT2D eigenvalue weighted by Gasteiger charge is -2.11. The molecule has 0 saturated carbocycles. The maximum atomic E-state index is 12.6. The number of hydrogen-bond donors (Lipinski definition) is 0. The van der Waals surface area contributed by atoms with E-state index in [0.29, 0.717) is 15.0 Å². The van der Waals surface area contributed by atoms with Crippen LogP contribution in [-0.4, -0.2) is 5.78 Å². The lowest BCUT2D eigenvalue weighted by molar-refractivity contribution is -0.622. The van der Waals surface area contributed by atoms with Gasteiger partial charge in [-0.1, -0.05) is 30.3 Å². The maximum Gasteiger partial charge on any atom is 0.334 e. The highest BCUT2D eigenvalue weighted by Crippen LogP contribution is 2.20. The van der Waals surface area contributed by atoms with Crippen LogP contribution in [0.4, 0.5) is 0 Å². The molecule has 0 saturated heterocycles. The zero-order valence-electron chi connectivity index (χ0n) is 11.3. The Hall–Kier alpha value is -2.95. The minimum absolute atomic E-state index is 0.0804. The average Bonchev–Trinajstić information content (AvgIpc) is 2.51. The first-order valence-electron chi connectivity index (χ1n) is 6.45. The third-order valence-electron chi connectivity index (χ3n) is 3.33. The van der Waals surface area contributed by atoms with Gasteiger partial charge >= 0.3 is 11.4 Å². The summed E-state index contributed by atoms with van der Waals surface area (Å²) in [6, 6.07) is 15.1. The Kier molecular flexibility index (Phi) is 3.02. The Morgan fingerprint density at radius 2 is 1.38 bits per heavy atom. The molecule has 2 aromatic carbocycles. The first kappa shape index (κ1) is 13.1. The summed E-state index contributed by atoms with van der Waals surface area (Å²) in [5.74, 6) is -0.445. The fourth-order valence-electron chi connectivity index (χ4n) is 2.40. The fourth-order valence-corrected chi connectivity index (χ4v) is 2.40. The van der Waals surface area contributed by atoms with E-state index in [-0.39, 0.29) is 22.4 Å². The van der Waals surface area contributed by atoms with Crippen LogP contribution in [0.2, 0.25) is 0 Å².